The number of carbonyl (C=O) groups is 1. The van der Waals surface area contributed by atoms with Crippen LogP contribution in [0.25, 0.3) is 16.4 Å². The van der Waals surface area contributed by atoms with Gasteiger partial charge in [-0.2, -0.15) is 5.10 Å². The molecule has 2 fully saturated rings. The Morgan fingerprint density at radius 1 is 1.12 bits per heavy atom. The molecule has 4 aromatic rings. The van der Waals surface area contributed by atoms with E-state index in [0.717, 1.165) is 72.3 Å². The van der Waals surface area contributed by atoms with Gasteiger partial charge in [0.2, 0.25) is 0 Å². The summed E-state index contributed by atoms with van der Waals surface area (Å²) in [5.74, 6) is 0.942. The van der Waals surface area contributed by atoms with Gasteiger partial charge in [-0.15, -0.1) is 0 Å². The van der Waals surface area contributed by atoms with Crippen LogP contribution in [0.4, 0.5) is 5.82 Å². The summed E-state index contributed by atoms with van der Waals surface area (Å²) >= 11 is 0. The second-order valence-corrected chi connectivity index (χ2v) is 9.51. The molecule has 0 saturated carbocycles. The number of likely N-dealkylation sites (tertiary alicyclic amines) is 1. The maximum atomic E-state index is 13.7. The van der Waals surface area contributed by atoms with Crippen molar-refractivity contribution in [3.05, 3.63) is 65.7 Å². The van der Waals surface area contributed by atoms with Crippen molar-refractivity contribution < 1.29 is 4.79 Å². The van der Waals surface area contributed by atoms with Crippen molar-refractivity contribution >= 4 is 28.1 Å². The Morgan fingerprint density at radius 2 is 2.00 bits per heavy atom. The molecule has 8 nitrogen and oxygen atoms in total. The van der Waals surface area contributed by atoms with Crippen molar-refractivity contribution in [2.45, 2.75) is 44.7 Å². The first kappa shape index (κ1) is 21.0. The highest BCUT2D eigenvalue weighted by Gasteiger charge is 2.32. The van der Waals surface area contributed by atoms with Gasteiger partial charge in [0, 0.05) is 55.1 Å². The smallest absolute Gasteiger partial charge is 0.273 e. The van der Waals surface area contributed by atoms with E-state index in [-0.39, 0.29) is 18.0 Å². The first-order valence-corrected chi connectivity index (χ1v) is 12.1. The molecule has 2 N–H and O–H groups in total. The molecular formula is C26H29N7O. The number of carbonyl (C=O) groups excluding carboxylic acids is 1. The highest BCUT2D eigenvalue weighted by Crippen LogP contribution is 2.33. The van der Waals surface area contributed by atoms with Gasteiger partial charge in [-0.25, -0.2) is 9.50 Å². The van der Waals surface area contributed by atoms with Gasteiger partial charge >= 0.3 is 0 Å². The van der Waals surface area contributed by atoms with Crippen LogP contribution >= 0.6 is 0 Å². The van der Waals surface area contributed by atoms with Gasteiger partial charge in [0.25, 0.3) is 5.91 Å². The Kier molecular flexibility index (Phi) is 5.17. The quantitative estimate of drug-likeness (QED) is 0.508. The van der Waals surface area contributed by atoms with Crippen LogP contribution in [-0.4, -0.2) is 56.1 Å². The molecule has 2 aliphatic heterocycles. The van der Waals surface area contributed by atoms with Crippen LogP contribution in [0.5, 0.6) is 0 Å². The SMILES string of the molecule is Cc1cn2nc([C@@H]3CCCCN3C(=O)c3nccc4ccccc34)cc2nc1N1CC[C@H](N)C1. The first-order chi connectivity index (χ1) is 16.6. The molecule has 34 heavy (non-hydrogen) atoms. The number of nitrogens with zero attached hydrogens (tertiary/aromatic N) is 6. The zero-order chi connectivity index (χ0) is 23.2. The monoisotopic (exact) mass is 455 g/mol. The fraction of sp³-hybridized carbons (Fsp3) is 0.385. The molecule has 3 aromatic heterocycles. The fourth-order valence-corrected chi connectivity index (χ4v) is 5.39. The Morgan fingerprint density at radius 3 is 2.85 bits per heavy atom. The molecule has 0 radical (unpaired) electrons. The first-order valence-electron chi connectivity index (χ1n) is 12.1. The van der Waals surface area contributed by atoms with Gasteiger partial charge < -0.3 is 15.5 Å². The maximum absolute atomic E-state index is 13.7. The number of pyridine rings is 1. The Balaban J connectivity index is 1.35. The molecule has 5 heterocycles. The summed E-state index contributed by atoms with van der Waals surface area (Å²) in [5.41, 5.74) is 9.40. The van der Waals surface area contributed by atoms with E-state index in [2.05, 4.69) is 16.8 Å². The molecule has 0 unspecified atom stereocenters. The van der Waals surface area contributed by atoms with Crippen molar-refractivity contribution in [1.29, 1.82) is 0 Å². The van der Waals surface area contributed by atoms with Crippen LogP contribution in [0.3, 0.4) is 0 Å². The number of hydrogen-bond donors (Lipinski definition) is 1. The average Bonchev–Trinajstić information content (AvgIpc) is 3.48. The molecule has 2 atom stereocenters. The number of hydrogen-bond acceptors (Lipinski definition) is 6. The molecule has 174 valence electrons. The van der Waals surface area contributed by atoms with E-state index >= 15 is 0 Å². The second kappa shape index (κ2) is 8.36. The third-order valence-electron chi connectivity index (χ3n) is 7.13. The zero-order valence-corrected chi connectivity index (χ0v) is 19.4. The van der Waals surface area contributed by atoms with Crippen molar-refractivity contribution in [2.24, 2.45) is 5.73 Å². The number of aryl methyl sites for hydroxylation is 1. The van der Waals surface area contributed by atoms with Crippen molar-refractivity contribution in [1.82, 2.24) is 24.5 Å². The van der Waals surface area contributed by atoms with Gasteiger partial charge in [0.1, 0.15) is 11.5 Å². The van der Waals surface area contributed by atoms with Crippen molar-refractivity contribution in [2.75, 3.05) is 24.5 Å². The van der Waals surface area contributed by atoms with E-state index in [1.807, 2.05) is 52.0 Å². The standard InChI is InChI=1S/C26H29N7O/c1-17-15-33-23(29-25(17)31-13-10-19(27)16-31)14-21(30-33)22-8-4-5-12-32(22)26(34)24-20-7-3-2-6-18(20)9-11-28-24/h2-3,6-7,9,11,14-15,19,22H,4-5,8,10,12-13,16,27H2,1H3/t19-,22-/m0/s1. The lowest BCUT2D eigenvalue weighted by atomic mass is 9.98. The minimum Gasteiger partial charge on any atom is -0.355 e. The molecular weight excluding hydrogens is 426 g/mol. The molecule has 1 aromatic carbocycles. The third kappa shape index (κ3) is 3.58. The van der Waals surface area contributed by atoms with E-state index in [1.165, 1.54) is 0 Å². The highest BCUT2D eigenvalue weighted by atomic mass is 16.2. The third-order valence-corrected chi connectivity index (χ3v) is 7.13. The van der Waals surface area contributed by atoms with Gasteiger partial charge in [0.05, 0.1) is 11.7 Å². The van der Waals surface area contributed by atoms with Crippen molar-refractivity contribution in [3.63, 3.8) is 0 Å². The summed E-state index contributed by atoms with van der Waals surface area (Å²) in [6.07, 6.45) is 7.67. The molecule has 2 saturated heterocycles. The Labute approximate surface area is 198 Å². The lowest BCUT2D eigenvalue weighted by Crippen LogP contribution is -2.39. The van der Waals surface area contributed by atoms with Crippen LogP contribution in [0.1, 0.15) is 53.5 Å². The van der Waals surface area contributed by atoms with Gasteiger partial charge in [-0.05, 0) is 44.1 Å². The van der Waals surface area contributed by atoms with Crippen LogP contribution in [0, 0.1) is 6.92 Å². The van der Waals surface area contributed by atoms with Crippen molar-refractivity contribution in [3.8, 4) is 0 Å². The van der Waals surface area contributed by atoms with Crippen LogP contribution in [0.2, 0.25) is 0 Å². The fourth-order valence-electron chi connectivity index (χ4n) is 5.39. The van der Waals surface area contributed by atoms with E-state index < -0.39 is 0 Å². The van der Waals surface area contributed by atoms with Crippen LogP contribution < -0.4 is 10.6 Å². The molecule has 2 aliphatic rings. The van der Waals surface area contributed by atoms with Gasteiger partial charge in [0.15, 0.2) is 5.65 Å². The molecule has 0 spiro atoms. The number of anilines is 1. The largest absolute Gasteiger partial charge is 0.355 e. The lowest BCUT2D eigenvalue weighted by Gasteiger charge is -2.34. The zero-order valence-electron chi connectivity index (χ0n) is 19.4. The second-order valence-electron chi connectivity index (χ2n) is 9.51. The number of rotatable bonds is 3. The van der Waals surface area contributed by atoms with Gasteiger partial charge in [-0.1, -0.05) is 24.3 Å². The summed E-state index contributed by atoms with van der Waals surface area (Å²) < 4.78 is 1.84. The minimum atomic E-state index is -0.0901. The summed E-state index contributed by atoms with van der Waals surface area (Å²) in [7, 11) is 0. The van der Waals surface area contributed by atoms with E-state index in [9.17, 15) is 4.79 Å². The number of fused-ring (bicyclic) bond motifs is 2. The minimum absolute atomic E-state index is 0.0329. The van der Waals surface area contributed by atoms with Crippen LogP contribution in [-0.2, 0) is 0 Å². The average molecular weight is 456 g/mol. The number of aromatic nitrogens is 4. The Hall–Kier alpha value is -3.52. The lowest BCUT2D eigenvalue weighted by molar-refractivity contribution is 0.0602. The van der Waals surface area contributed by atoms with E-state index in [1.54, 1.807) is 6.20 Å². The molecule has 0 aliphatic carbocycles. The molecule has 8 heteroatoms. The summed E-state index contributed by atoms with van der Waals surface area (Å²) in [6.45, 7) is 4.52. The van der Waals surface area contributed by atoms with Crippen LogP contribution in [0.15, 0.2) is 48.8 Å². The predicted octanol–water partition coefficient (Wildman–Crippen LogP) is 3.49. The number of piperidine rings is 1. The molecule has 0 bridgehead atoms. The summed E-state index contributed by atoms with van der Waals surface area (Å²) in [5, 5.41) is 6.78. The Bertz CT molecular complexity index is 1380. The molecule has 6 rings (SSSR count). The summed E-state index contributed by atoms with van der Waals surface area (Å²) in [6, 6.07) is 12.0. The van der Waals surface area contributed by atoms with E-state index in [4.69, 9.17) is 15.8 Å². The number of amides is 1. The predicted molar refractivity (Wildman–Crippen MR) is 132 cm³/mol. The maximum Gasteiger partial charge on any atom is 0.273 e. The number of benzene rings is 1. The van der Waals surface area contributed by atoms with Gasteiger partial charge in [-0.3, -0.25) is 9.78 Å². The summed E-state index contributed by atoms with van der Waals surface area (Å²) in [4.78, 5) is 27.3. The normalized spacial score (nSPS) is 21.0. The van der Waals surface area contributed by atoms with E-state index in [0.29, 0.717) is 12.2 Å². The number of nitrogens with two attached hydrogens (primary N) is 1. The topological polar surface area (TPSA) is 92.6 Å². The molecule has 1 amide bonds. The highest BCUT2D eigenvalue weighted by molar-refractivity contribution is 6.05.